The number of thioether (sulfide) groups is 1. The maximum Gasteiger partial charge on any atom is 0.258 e. The van der Waals surface area contributed by atoms with Crippen LogP contribution in [0.5, 0.6) is 0 Å². The van der Waals surface area contributed by atoms with E-state index in [1.54, 1.807) is 24.4 Å². The quantitative estimate of drug-likeness (QED) is 0.169. The molecule has 34 heavy (non-hydrogen) atoms. The molecule has 2 aromatic rings. The van der Waals surface area contributed by atoms with Gasteiger partial charge in [-0.1, -0.05) is 24.6 Å². The molecule has 10 heteroatoms. The Morgan fingerprint density at radius 2 is 2.00 bits per heavy atom. The highest BCUT2D eigenvalue weighted by atomic mass is 32.2. The van der Waals surface area contributed by atoms with Crippen molar-refractivity contribution in [2.75, 3.05) is 17.9 Å². The normalized spacial score (nSPS) is 14.0. The van der Waals surface area contributed by atoms with Crippen molar-refractivity contribution in [1.29, 1.82) is 10.8 Å². The molecule has 0 saturated heterocycles. The minimum absolute atomic E-state index is 0.0780. The average Bonchev–Trinajstić information content (AvgIpc) is 3.30. The number of hydrogen-bond donors (Lipinski definition) is 4. The summed E-state index contributed by atoms with van der Waals surface area (Å²) in [5.41, 5.74) is 3.79. The number of pyridine rings is 1. The first-order chi connectivity index (χ1) is 16.1. The van der Waals surface area contributed by atoms with Crippen molar-refractivity contribution in [3.8, 4) is 0 Å². The monoisotopic (exact) mass is 486 g/mol. The summed E-state index contributed by atoms with van der Waals surface area (Å²) in [4.78, 5) is 24.3. The van der Waals surface area contributed by atoms with Crippen LogP contribution in [0.1, 0.15) is 68.3 Å². The molecule has 0 spiro atoms. The standard InChI is InChI=1S/C24H31FN6O2S/c1-24(2,3)31(14-26)23(27)34-20-10-9-17(30-33-4)12-18(20)22(32)29-21-19(25)11-16(13-28-21)15-7-5-6-8-15/h9-15,26-27,30H,5-8H2,1-4H3,(H,28,29,32). The number of halogens is 1. The van der Waals surface area contributed by atoms with Crippen molar-refractivity contribution in [1.82, 2.24) is 9.88 Å². The van der Waals surface area contributed by atoms with Crippen molar-refractivity contribution >= 4 is 40.7 Å². The molecule has 1 aliphatic rings. The predicted molar refractivity (Wildman–Crippen MR) is 134 cm³/mol. The summed E-state index contributed by atoms with van der Waals surface area (Å²) in [5, 5.41) is 18.8. The zero-order valence-electron chi connectivity index (χ0n) is 19.9. The number of amides is 1. The molecule has 4 N–H and O–H groups in total. The third-order valence-corrected chi connectivity index (χ3v) is 6.61. The Morgan fingerprint density at radius 1 is 1.29 bits per heavy atom. The Labute approximate surface area is 203 Å². The number of rotatable bonds is 7. The fraction of sp³-hybridized carbons (Fsp3) is 0.417. The third-order valence-electron chi connectivity index (χ3n) is 5.64. The van der Waals surface area contributed by atoms with Gasteiger partial charge in [0.05, 0.1) is 24.7 Å². The van der Waals surface area contributed by atoms with E-state index in [4.69, 9.17) is 15.7 Å². The van der Waals surface area contributed by atoms with Crippen molar-refractivity contribution in [2.24, 2.45) is 0 Å². The van der Waals surface area contributed by atoms with Gasteiger partial charge in [-0.25, -0.2) is 9.37 Å². The van der Waals surface area contributed by atoms with Gasteiger partial charge < -0.3 is 10.2 Å². The molecule has 1 heterocycles. The van der Waals surface area contributed by atoms with Crippen LogP contribution in [0.3, 0.4) is 0 Å². The van der Waals surface area contributed by atoms with E-state index in [0.29, 0.717) is 16.5 Å². The summed E-state index contributed by atoms with van der Waals surface area (Å²) in [7, 11) is 1.45. The number of anilines is 2. The van der Waals surface area contributed by atoms with E-state index in [1.807, 2.05) is 20.8 Å². The highest BCUT2D eigenvalue weighted by Crippen LogP contribution is 2.35. The number of hydrogen-bond acceptors (Lipinski definition) is 7. The lowest BCUT2D eigenvalue weighted by atomic mass is 9.99. The van der Waals surface area contributed by atoms with E-state index in [0.717, 1.165) is 49.3 Å². The Bertz CT molecular complexity index is 1070. The molecule has 8 nitrogen and oxygen atoms in total. The first kappa shape index (κ1) is 25.6. The lowest BCUT2D eigenvalue weighted by molar-refractivity contribution is 0.102. The van der Waals surface area contributed by atoms with Crippen LogP contribution >= 0.6 is 11.8 Å². The van der Waals surface area contributed by atoms with Gasteiger partial charge in [0.25, 0.3) is 5.91 Å². The van der Waals surface area contributed by atoms with Crippen molar-refractivity contribution in [3.63, 3.8) is 0 Å². The molecule has 182 valence electrons. The number of nitrogens with one attached hydrogen (secondary N) is 4. The minimum Gasteiger partial charge on any atom is -0.307 e. The number of aromatic nitrogens is 1. The van der Waals surface area contributed by atoms with Gasteiger partial charge in [0.1, 0.15) is 0 Å². The van der Waals surface area contributed by atoms with Crippen LogP contribution in [0, 0.1) is 16.6 Å². The summed E-state index contributed by atoms with van der Waals surface area (Å²) in [5.74, 6) is -0.961. The Hall–Kier alpha value is -2.98. The molecule has 0 atom stereocenters. The molecule has 1 aromatic heterocycles. The molecule has 0 bridgehead atoms. The third kappa shape index (κ3) is 6.12. The van der Waals surface area contributed by atoms with Gasteiger partial charge >= 0.3 is 0 Å². The van der Waals surface area contributed by atoms with Gasteiger partial charge in [-0.05, 0) is 69.4 Å². The van der Waals surface area contributed by atoms with Gasteiger partial charge in [-0.15, -0.1) is 0 Å². The summed E-state index contributed by atoms with van der Waals surface area (Å²) in [6, 6.07) is 6.40. The van der Waals surface area contributed by atoms with Crippen molar-refractivity contribution in [3.05, 3.63) is 47.4 Å². The summed E-state index contributed by atoms with van der Waals surface area (Å²) >= 11 is 1.03. The molecule has 1 aromatic carbocycles. The molecule has 0 aliphatic heterocycles. The van der Waals surface area contributed by atoms with Crippen LogP contribution in [-0.2, 0) is 4.84 Å². The summed E-state index contributed by atoms with van der Waals surface area (Å²) in [6.45, 7) is 5.65. The number of benzene rings is 1. The summed E-state index contributed by atoms with van der Waals surface area (Å²) in [6.07, 6.45) is 7.04. The largest absolute Gasteiger partial charge is 0.307 e. The molecule has 0 unspecified atom stereocenters. The number of nitrogens with zero attached hydrogens (tertiary/aromatic N) is 2. The van der Waals surface area contributed by atoms with Crippen LogP contribution < -0.4 is 10.8 Å². The molecule has 1 fully saturated rings. The smallest absolute Gasteiger partial charge is 0.258 e. The predicted octanol–water partition coefficient (Wildman–Crippen LogP) is 5.84. The lowest BCUT2D eigenvalue weighted by Gasteiger charge is -2.33. The van der Waals surface area contributed by atoms with Crippen LogP contribution in [0.15, 0.2) is 35.4 Å². The second-order valence-electron chi connectivity index (χ2n) is 9.13. The van der Waals surface area contributed by atoms with E-state index in [1.165, 1.54) is 18.1 Å². The van der Waals surface area contributed by atoms with E-state index in [-0.39, 0.29) is 16.5 Å². The second-order valence-corrected chi connectivity index (χ2v) is 10.2. The first-order valence-corrected chi connectivity index (χ1v) is 11.9. The number of amidine groups is 1. The van der Waals surface area contributed by atoms with Crippen LogP contribution in [0.2, 0.25) is 0 Å². The van der Waals surface area contributed by atoms with Crippen LogP contribution in [0.25, 0.3) is 0 Å². The lowest BCUT2D eigenvalue weighted by Crippen LogP contribution is -2.42. The Kier molecular flexibility index (Phi) is 8.27. The number of carbonyl (C=O) groups is 1. The fourth-order valence-corrected chi connectivity index (χ4v) is 4.92. The highest BCUT2D eigenvalue weighted by Gasteiger charge is 2.25. The van der Waals surface area contributed by atoms with E-state index in [9.17, 15) is 9.18 Å². The molecule has 1 saturated carbocycles. The number of carbonyl (C=O) groups excluding carboxylic acids is 1. The maximum absolute atomic E-state index is 14.8. The van der Waals surface area contributed by atoms with Crippen molar-refractivity contribution < 1.29 is 14.0 Å². The van der Waals surface area contributed by atoms with Crippen LogP contribution in [0.4, 0.5) is 15.9 Å². The van der Waals surface area contributed by atoms with Crippen LogP contribution in [-0.4, -0.2) is 39.9 Å². The zero-order valence-corrected chi connectivity index (χ0v) is 20.7. The molecular formula is C24H31FN6O2S. The van der Waals surface area contributed by atoms with E-state index < -0.39 is 17.3 Å². The first-order valence-electron chi connectivity index (χ1n) is 11.1. The molecule has 3 rings (SSSR count). The van der Waals surface area contributed by atoms with Gasteiger partial charge in [0.15, 0.2) is 16.8 Å². The SMILES string of the molecule is CONc1ccc(SC(=N)N(C=N)C(C)(C)C)c(C(=O)Nc2ncc(C3CCCC3)cc2F)c1. The molecule has 0 radical (unpaired) electrons. The van der Waals surface area contributed by atoms with E-state index in [2.05, 4.69) is 15.8 Å². The van der Waals surface area contributed by atoms with E-state index >= 15 is 0 Å². The topological polar surface area (TPSA) is 114 Å². The summed E-state index contributed by atoms with van der Waals surface area (Å²) < 4.78 is 14.8. The Morgan fingerprint density at radius 3 is 2.59 bits per heavy atom. The molecule has 1 aliphatic carbocycles. The van der Waals surface area contributed by atoms with Crippen molar-refractivity contribution in [2.45, 2.75) is 62.8 Å². The highest BCUT2D eigenvalue weighted by molar-refractivity contribution is 8.13. The fourth-order valence-electron chi connectivity index (χ4n) is 3.89. The zero-order chi connectivity index (χ0) is 24.9. The Balaban J connectivity index is 1.86. The molecular weight excluding hydrogens is 455 g/mol. The average molecular weight is 487 g/mol. The minimum atomic E-state index is -0.575. The second kappa shape index (κ2) is 11.0. The van der Waals surface area contributed by atoms with Gasteiger partial charge in [-0.2, -0.15) is 0 Å². The van der Waals surface area contributed by atoms with Gasteiger partial charge in [0.2, 0.25) is 0 Å². The van der Waals surface area contributed by atoms with Gasteiger partial charge in [0, 0.05) is 16.6 Å². The van der Waals surface area contributed by atoms with Gasteiger partial charge in [-0.3, -0.25) is 25.9 Å². The maximum atomic E-state index is 14.8. The molecule has 1 amide bonds.